The van der Waals surface area contributed by atoms with Gasteiger partial charge >= 0.3 is 0 Å². The van der Waals surface area contributed by atoms with Gasteiger partial charge in [-0.05, 0) is 39.0 Å². The molecule has 3 nitrogen and oxygen atoms in total. The average Bonchev–Trinajstić information content (AvgIpc) is 2.16. The van der Waals surface area contributed by atoms with Crippen molar-refractivity contribution in [3.63, 3.8) is 0 Å². The first kappa shape index (κ1) is 13.0. The van der Waals surface area contributed by atoms with Crippen molar-refractivity contribution in [1.29, 1.82) is 0 Å². The van der Waals surface area contributed by atoms with E-state index in [1.54, 1.807) is 6.92 Å². The second kappa shape index (κ2) is 5.89. The Balaban J connectivity index is 2.57. The Kier molecular flexibility index (Phi) is 4.80. The molecular formula is C12H16BrNO2. The Morgan fingerprint density at radius 2 is 2.06 bits per heavy atom. The highest BCUT2D eigenvalue weighted by Gasteiger charge is 2.15. The van der Waals surface area contributed by atoms with Crippen molar-refractivity contribution in [2.45, 2.75) is 32.9 Å². The SMILES string of the molecule is CC(C)NC(=O)[C@@H](C)Oc1cccc(Br)c1. The van der Waals surface area contributed by atoms with Crippen molar-refractivity contribution in [2.75, 3.05) is 0 Å². The molecule has 0 heterocycles. The molecule has 0 radical (unpaired) electrons. The molecule has 88 valence electrons. The number of halogens is 1. The number of benzene rings is 1. The van der Waals surface area contributed by atoms with Gasteiger partial charge in [0, 0.05) is 10.5 Å². The molecule has 0 unspecified atom stereocenters. The summed E-state index contributed by atoms with van der Waals surface area (Å²) < 4.78 is 6.45. The van der Waals surface area contributed by atoms with Crippen molar-refractivity contribution in [3.8, 4) is 5.75 Å². The van der Waals surface area contributed by atoms with Gasteiger partial charge in [-0.3, -0.25) is 4.79 Å². The van der Waals surface area contributed by atoms with Crippen LogP contribution in [0.15, 0.2) is 28.7 Å². The lowest BCUT2D eigenvalue weighted by Crippen LogP contribution is -2.40. The molecule has 1 rings (SSSR count). The third-order valence-electron chi connectivity index (χ3n) is 1.91. The summed E-state index contributed by atoms with van der Waals surface area (Å²) in [4.78, 5) is 11.6. The number of amides is 1. The van der Waals surface area contributed by atoms with E-state index in [-0.39, 0.29) is 11.9 Å². The maximum atomic E-state index is 11.6. The minimum Gasteiger partial charge on any atom is -0.481 e. The molecule has 0 fully saturated rings. The Bertz CT molecular complexity index is 366. The maximum absolute atomic E-state index is 11.6. The standard InChI is InChI=1S/C12H16BrNO2/c1-8(2)14-12(15)9(3)16-11-6-4-5-10(13)7-11/h4-9H,1-3H3,(H,14,15)/t9-/m1/s1. The van der Waals surface area contributed by atoms with Crippen LogP contribution in [0, 0.1) is 0 Å². The highest BCUT2D eigenvalue weighted by Crippen LogP contribution is 2.18. The number of nitrogens with one attached hydrogen (secondary N) is 1. The van der Waals surface area contributed by atoms with Crippen molar-refractivity contribution in [2.24, 2.45) is 0 Å². The Morgan fingerprint density at radius 1 is 1.38 bits per heavy atom. The zero-order valence-electron chi connectivity index (χ0n) is 9.66. The van der Waals surface area contributed by atoms with Crippen LogP contribution in [0.3, 0.4) is 0 Å². The molecule has 0 spiro atoms. The summed E-state index contributed by atoms with van der Waals surface area (Å²) in [5.41, 5.74) is 0. The third-order valence-corrected chi connectivity index (χ3v) is 2.40. The lowest BCUT2D eigenvalue weighted by molar-refractivity contribution is -0.127. The molecule has 16 heavy (non-hydrogen) atoms. The van der Waals surface area contributed by atoms with E-state index >= 15 is 0 Å². The van der Waals surface area contributed by atoms with Crippen molar-refractivity contribution in [3.05, 3.63) is 28.7 Å². The number of carbonyl (C=O) groups excluding carboxylic acids is 1. The van der Waals surface area contributed by atoms with Crippen molar-refractivity contribution >= 4 is 21.8 Å². The van der Waals surface area contributed by atoms with E-state index in [1.165, 1.54) is 0 Å². The van der Waals surface area contributed by atoms with Gasteiger partial charge in [0.2, 0.25) is 0 Å². The number of hydrogen-bond donors (Lipinski definition) is 1. The quantitative estimate of drug-likeness (QED) is 0.924. The second-order valence-electron chi connectivity index (χ2n) is 3.88. The molecule has 4 heteroatoms. The Morgan fingerprint density at radius 3 is 2.62 bits per heavy atom. The van der Waals surface area contributed by atoms with Crippen LogP contribution in [-0.4, -0.2) is 18.1 Å². The molecule has 0 saturated heterocycles. The highest BCUT2D eigenvalue weighted by molar-refractivity contribution is 9.10. The lowest BCUT2D eigenvalue weighted by atomic mass is 10.3. The molecule has 1 aromatic rings. The summed E-state index contributed by atoms with van der Waals surface area (Å²) in [5.74, 6) is 0.579. The van der Waals surface area contributed by atoms with Gasteiger partial charge in [0.15, 0.2) is 6.10 Å². The van der Waals surface area contributed by atoms with Crippen molar-refractivity contribution < 1.29 is 9.53 Å². The van der Waals surface area contributed by atoms with Crippen LogP contribution in [0.1, 0.15) is 20.8 Å². The molecule has 1 atom stereocenters. The van der Waals surface area contributed by atoms with E-state index in [4.69, 9.17) is 4.74 Å². The largest absolute Gasteiger partial charge is 0.481 e. The van der Waals surface area contributed by atoms with E-state index in [0.717, 1.165) is 4.47 Å². The van der Waals surface area contributed by atoms with Gasteiger partial charge in [-0.1, -0.05) is 22.0 Å². The molecule has 0 aliphatic carbocycles. The molecule has 0 aliphatic rings. The summed E-state index contributed by atoms with van der Waals surface area (Å²) in [7, 11) is 0. The zero-order valence-corrected chi connectivity index (χ0v) is 11.2. The minimum atomic E-state index is -0.489. The normalized spacial score (nSPS) is 12.3. The third kappa shape index (κ3) is 4.23. The predicted octanol–water partition coefficient (Wildman–Crippen LogP) is 2.74. The van der Waals surface area contributed by atoms with Gasteiger partial charge in [-0.25, -0.2) is 0 Å². The molecular weight excluding hydrogens is 270 g/mol. The summed E-state index contributed by atoms with van der Waals surface area (Å²) in [6, 6.07) is 7.56. The summed E-state index contributed by atoms with van der Waals surface area (Å²) in [6.45, 7) is 5.58. The monoisotopic (exact) mass is 285 g/mol. The number of carbonyl (C=O) groups is 1. The van der Waals surface area contributed by atoms with E-state index < -0.39 is 6.10 Å². The molecule has 0 bridgehead atoms. The first-order valence-electron chi connectivity index (χ1n) is 5.21. The number of rotatable bonds is 4. The smallest absolute Gasteiger partial charge is 0.260 e. The fourth-order valence-corrected chi connectivity index (χ4v) is 1.58. The predicted molar refractivity (Wildman–Crippen MR) is 67.5 cm³/mol. The number of ether oxygens (including phenoxy) is 1. The van der Waals surface area contributed by atoms with Gasteiger partial charge in [0.1, 0.15) is 5.75 Å². The van der Waals surface area contributed by atoms with E-state index in [2.05, 4.69) is 21.2 Å². The molecule has 1 N–H and O–H groups in total. The molecule has 1 aromatic carbocycles. The first-order valence-corrected chi connectivity index (χ1v) is 6.01. The van der Waals surface area contributed by atoms with Crippen LogP contribution >= 0.6 is 15.9 Å². The molecule has 0 saturated carbocycles. The van der Waals surface area contributed by atoms with Crippen LogP contribution in [0.25, 0.3) is 0 Å². The van der Waals surface area contributed by atoms with Crippen LogP contribution in [-0.2, 0) is 4.79 Å². The van der Waals surface area contributed by atoms with Crippen LogP contribution < -0.4 is 10.1 Å². The second-order valence-corrected chi connectivity index (χ2v) is 4.80. The average molecular weight is 286 g/mol. The fourth-order valence-electron chi connectivity index (χ4n) is 1.20. The molecule has 0 aliphatic heterocycles. The van der Waals surface area contributed by atoms with Crippen LogP contribution in [0.5, 0.6) is 5.75 Å². The van der Waals surface area contributed by atoms with Gasteiger partial charge in [0.05, 0.1) is 0 Å². The molecule has 1 amide bonds. The maximum Gasteiger partial charge on any atom is 0.260 e. The van der Waals surface area contributed by atoms with Crippen LogP contribution in [0.2, 0.25) is 0 Å². The summed E-state index contributed by atoms with van der Waals surface area (Å²) in [5, 5.41) is 2.80. The van der Waals surface area contributed by atoms with Crippen molar-refractivity contribution in [1.82, 2.24) is 5.32 Å². The highest BCUT2D eigenvalue weighted by atomic mass is 79.9. The zero-order chi connectivity index (χ0) is 12.1. The number of hydrogen-bond acceptors (Lipinski definition) is 2. The minimum absolute atomic E-state index is 0.102. The first-order chi connectivity index (χ1) is 7.49. The molecule has 0 aromatic heterocycles. The van der Waals surface area contributed by atoms with Gasteiger partial charge < -0.3 is 10.1 Å². The lowest BCUT2D eigenvalue weighted by Gasteiger charge is -2.16. The summed E-state index contributed by atoms with van der Waals surface area (Å²) in [6.07, 6.45) is -0.489. The van der Waals surface area contributed by atoms with E-state index in [0.29, 0.717) is 5.75 Å². The van der Waals surface area contributed by atoms with Gasteiger partial charge in [0.25, 0.3) is 5.91 Å². The Hall–Kier alpha value is -1.03. The van der Waals surface area contributed by atoms with Gasteiger partial charge in [-0.15, -0.1) is 0 Å². The van der Waals surface area contributed by atoms with Gasteiger partial charge in [-0.2, -0.15) is 0 Å². The van der Waals surface area contributed by atoms with E-state index in [1.807, 2.05) is 38.1 Å². The van der Waals surface area contributed by atoms with E-state index in [9.17, 15) is 4.79 Å². The van der Waals surface area contributed by atoms with Crippen LogP contribution in [0.4, 0.5) is 0 Å². The Labute approximate surface area is 104 Å². The fraction of sp³-hybridized carbons (Fsp3) is 0.417. The summed E-state index contributed by atoms with van der Waals surface area (Å²) >= 11 is 3.35. The topological polar surface area (TPSA) is 38.3 Å².